The summed E-state index contributed by atoms with van der Waals surface area (Å²) in [7, 11) is -2.40. The zero-order chi connectivity index (χ0) is 20.5. The molecule has 152 valence electrons. The van der Waals surface area contributed by atoms with Gasteiger partial charge in [-0.2, -0.15) is 0 Å². The fourth-order valence-electron chi connectivity index (χ4n) is 2.88. The lowest BCUT2D eigenvalue weighted by atomic mass is 9.90. The molecule has 2 heterocycles. The summed E-state index contributed by atoms with van der Waals surface area (Å²) in [6.45, 7) is 5.48. The summed E-state index contributed by atoms with van der Waals surface area (Å²) in [6.07, 6.45) is 0.681. The summed E-state index contributed by atoms with van der Waals surface area (Å²) in [4.78, 5) is 11.5. The Morgan fingerprint density at radius 3 is 2.82 bits per heavy atom. The van der Waals surface area contributed by atoms with Gasteiger partial charge in [0.25, 0.3) is 10.0 Å². The van der Waals surface area contributed by atoms with Gasteiger partial charge in [-0.25, -0.2) is 13.1 Å². The second kappa shape index (κ2) is 7.64. The van der Waals surface area contributed by atoms with Crippen molar-refractivity contribution in [3.8, 4) is 11.5 Å². The summed E-state index contributed by atoms with van der Waals surface area (Å²) in [5.41, 5.74) is 0.127. The lowest BCUT2D eigenvalue weighted by molar-refractivity contribution is -0.115. The van der Waals surface area contributed by atoms with Crippen molar-refractivity contribution in [2.75, 3.05) is 12.4 Å². The van der Waals surface area contributed by atoms with Gasteiger partial charge >= 0.3 is 0 Å². The Balaban J connectivity index is 1.89. The van der Waals surface area contributed by atoms with Gasteiger partial charge in [0.15, 0.2) is 0 Å². The number of carbonyl (C=O) groups excluding carboxylic acids is 1. The first-order chi connectivity index (χ1) is 13.1. The zero-order valence-corrected chi connectivity index (χ0v) is 17.6. The van der Waals surface area contributed by atoms with Gasteiger partial charge in [0.05, 0.1) is 13.2 Å². The molecule has 1 aromatic heterocycles. The number of amides is 1. The molecule has 0 saturated carbocycles. The molecule has 1 aromatic carbocycles. The first-order valence-electron chi connectivity index (χ1n) is 8.66. The minimum Gasteiger partial charge on any atom is -0.497 e. The molecule has 0 radical (unpaired) electrons. The van der Waals surface area contributed by atoms with E-state index in [4.69, 9.17) is 9.47 Å². The first-order valence-corrected chi connectivity index (χ1v) is 11.0. The van der Waals surface area contributed by atoms with Gasteiger partial charge in [0.1, 0.15) is 17.1 Å². The Morgan fingerprint density at radius 1 is 1.39 bits per heavy atom. The van der Waals surface area contributed by atoms with Crippen molar-refractivity contribution in [1.29, 1.82) is 0 Å². The average Bonchev–Trinajstić information content (AvgIpc) is 3.09. The van der Waals surface area contributed by atoms with Gasteiger partial charge in [-0.1, -0.05) is 18.3 Å². The molecule has 0 fully saturated rings. The number of sulfonamides is 1. The number of nitrogens with one attached hydrogen (secondary N) is 2. The van der Waals surface area contributed by atoms with Crippen molar-refractivity contribution in [2.24, 2.45) is 0 Å². The minimum absolute atomic E-state index is 0.140. The second-order valence-corrected chi connectivity index (χ2v) is 9.78. The quantitative estimate of drug-likeness (QED) is 0.681. The number of ether oxygens (including phenoxy) is 2. The Hall–Kier alpha value is -2.24. The van der Waals surface area contributed by atoms with E-state index in [0.29, 0.717) is 23.5 Å². The SMILES string of the molecule is CCC(=O)Nc1nnc(S(=O)(=O)N[C@H]2CC(C)(C)Oc3ccc(OC)cc32)s1. The van der Waals surface area contributed by atoms with Crippen molar-refractivity contribution in [3.05, 3.63) is 23.8 Å². The molecule has 2 N–H and O–H groups in total. The Bertz CT molecular complexity index is 987. The standard InChI is InChI=1S/C17H22N4O5S2/c1-5-14(22)18-15-19-20-16(27-15)28(23,24)21-12-9-17(2,3)26-13-7-6-10(25-4)8-11(12)13/h6-8,12,21H,5,9H2,1-4H3,(H,18,19,22)/t12-/m0/s1. The van der Waals surface area contributed by atoms with E-state index in [2.05, 4.69) is 20.2 Å². The van der Waals surface area contributed by atoms with Crippen LogP contribution in [-0.4, -0.2) is 37.2 Å². The highest BCUT2D eigenvalue weighted by Gasteiger charge is 2.37. The van der Waals surface area contributed by atoms with E-state index in [1.54, 1.807) is 32.2 Å². The van der Waals surface area contributed by atoms with Gasteiger partial charge in [-0.3, -0.25) is 4.79 Å². The molecule has 1 aliphatic heterocycles. The van der Waals surface area contributed by atoms with Crippen LogP contribution in [-0.2, 0) is 14.8 Å². The van der Waals surface area contributed by atoms with E-state index in [-0.39, 0.29) is 21.8 Å². The normalized spacial score (nSPS) is 18.1. The highest BCUT2D eigenvalue weighted by molar-refractivity contribution is 7.91. The van der Waals surface area contributed by atoms with Crippen molar-refractivity contribution in [3.63, 3.8) is 0 Å². The molecule has 0 bridgehead atoms. The van der Waals surface area contributed by atoms with Gasteiger partial charge in [-0.15, -0.1) is 10.2 Å². The summed E-state index contributed by atoms with van der Waals surface area (Å²) in [6, 6.07) is 4.75. The van der Waals surface area contributed by atoms with E-state index in [9.17, 15) is 13.2 Å². The average molecular weight is 427 g/mol. The van der Waals surface area contributed by atoms with Gasteiger partial charge in [0.2, 0.25) is 15.4 Å². The van der Waals surface area contributed by atoms with E-state index in [1.165, 1.54) is 0 Å². The highest BCUT2D eigenvalue weighted by Crippen LogP contribution is 2.41. The summed E-state index contributed by atoms with van der Waals surface area (Å²) in [5.74, 6) is 0.935. The number of methoxy groups -OCH3 is 1. The van der Waals surface area contributed by atoms with E-state index < -0.39 is 21.7 Å². The van der Waals surface area contributed by atoms with E-state index in [1.807, 2.05) is 13.8 Å². The fourth-order valence-corrected chi connectivity index (χ4v) is 5.03. The number of hydrogen-bond donors (Lipinski definition) is 2. The van der Waals surface area contributed by atoms with Crippen LogP contribution in [0.3, 0.4) is 0 Å². The number of hydrogen-bond acceptors (Lipinski definition) is 8. The molecule has 1 aliphatic rings. The maximum atomic E-state index is 12.9. The zero-order valence-electron chi connectivity index (χ0n) is 16.0. The van der Waals surface area contributed by atoms with Crippen LogP contribution in [0, 0.1) is 0 Å². The highest BCUT2D eigenvalue weighted by atomic mass is 32.2. The van der Waals surface area contributed by atoms with Crippen LogP contribution in [0.2, 0.25) is 0 Å². The minimum atomic E-state index is -3.95. The maximum absolute atomic E-state index is 12.9. The number of aromatic nitrogens is 2. The predicted molar refractivity (Wildman–Crippen MR) is 104 cm³/mol. The van der Waals surface area contributed by atoms with Crippen molar-refractivity contribution < 1.29 is 22.7 Å². The molecule has 9 nitrogen and oxygen atoms in total. The smallest absolute Gasteiger partial charge is 0.270 e. The number of carbonyl (C=O) groups is 1. The Kier molecular flexibility index (Phi) is 5.60. The molecule has 3 rings (SSSR count). The number of benzene rings is 1. The third-order valence-corrected chi connectivity index (χ3v) is 6.85. The van der Waals surface area contributed by atoms with Crippen molar-refractivity contribution in [2.45, 2.75) is 49.6 Å². The fraction of sp³-hybridized carbons (Fsp3) is 0.471. The molecule has 28 heavy (non-hydrogen) atoms. The second-order valence-electron chi connectivity index (χ2n) is 6.92. The van der Waals surface area contributed by atoms with Crippen LogP contribution in [0.4, 0.5) is 5.13 Å². The number of anilines is 1. The molecule has 2 aromatic rings. The Morgan fingerprint density at radius 2 is 2.14 bits per heavy atom. The van der Waals surface area contributed by atoms with Crippen LogP contribution >= 0.6 is 11.3 Å². The number of rotatable bonds is 6. The van der Waals surface area contributed by atoms with Gasteiger partial charge in [0, 0.05) is 18.4 Å². The number of fused-ring (bicyclic) bond motifs is 1. The van der Waals surface area contributed by atoms with Gasteiger partial charge < -0.3 is 14.8 Å². The third-order valence-electron chi connectivity index (χ3n) is 4.18. The molecule has 0 aliphatic carbocycles. The molecule has 0 saturated heterocycles. The van der Waals surface area contributed by atoms with Crippen molar-refractivity contribution >= 4 is 32.4 Å². The molecule has 1 atom stereocenters. The largest absolute Gasteiger partial charge is 0.497 e. The summed E-state index contributed by atoms with van der Waals surface area (Å²) < 4.78 is 39.4. The first kappa shape index (κ1) is 20.5. The molecule has 1 amide bonds. The summed E-state index contributed by atoms with van der Waals surface area (Å²) >= 11 is 0.800. The predicted octanol–water partition coefficient (Wildman–Crippen LogP) is 2.48. The van der Waals surface area contributed by atoms with E-state index in [0.717, 1.165) is 11.3 Å². The molecule has 0 unspecified atom stereocenters. The lowest BCUT2D eigenvalue weighted by Gasteiger charge is -2.37. The number of nitrogens with zero attached hydrogens (tertiary/aromatic N) is 2. The maximum Gasteiger partial charge on any atom is 0.270 e. The summed E-state index contributed by atoms with van der Waals surface area (Å²) in [5, 5.41) is 10.1. The van der Waals surface area contributed by atoms with Crippen LogP contribution in [0.5, 0.6) is 11.5 Å². The van der Waals surface area contributed by atoms with Crippen molar-refractivity contribution in [1.82, 2.24) is 14.9 Å². The molecular formula is C17H22N4O5S2. The van der Waals surface area contributed by atoms with Crippen LogP contribution in [0.15, 0.2) is 22.5 Å². The van der Waals surface area contributed by atoms with Crippen LogP contribution in [0.1, 0.15) is 45.2 Å². The van der Waals surface area contributed by atoms with Crippen LogP contribution in [0.25, 0.3) is 0 Å². The van der Waals surface area contributed by atoms with E-state index >= 15 is 0 Å². The topological polar surface area (TPSA) is 120 Å². The Labute approximate surface area is 167 Å². The van der Waals surface area contributed by atoms with Crippen LogP contribution < -0.4 is 19.5 Å². The van der Waals surface area contributed by atoms with Gasteiger partial charge in [-0.05, 0) is 32.0 Å². The monoisotopic (exact) mass is 426 g/mol. The third kappa shape index (κ3) is 4.42. The molecule has 11 heteroatoms. The molecular weight excluding hydrogens is 404 g/mol. The molecule has 0 spiro atoms. The lowest BCUT2D eigenvalue weighted by Crippen LogP contribution is -2.41.